The molecule has 2 aromatic carbocycles. The molecule has 4 nitrogen and oxygen atoms in total. The zero-order valence-corrected chi connectivity index (χ0v) is 14.5. The lowest BCUT2D eigenvalue weighted by Crippen LogP contribution is -2.20. The number of halogens is 2. The number of nitrogens with one attached hydrogen (secondary N) is 1. The molecule has 0 saturated heterocycles. The third-order valence-corrected chi connectivity index (χ3v) is 5.42. The fourth-order valence-corrected chi connectivity index (χ4v) is 3.60. The fraction of sp³-hybridized carbons (Fsp3) is 0.200. The Bertz CT molecular complexity index is 737. The molecule has 0 fully saturated rings. The number of anilines is 2. The van der Waals surface area contributed by atoms with Crippen LogP contribution in [-0.4, -0.2) is 6.61 Å². The van der Waals surface area contributed by atoms with Crippen molar-refractivity contribution in [3.05, 3.63) is 52.0 Å². The molecule has 0 saturated carbocycles. The summed E-state index contributed by atoms with van der Waals surface area (Å²) in [7, 11) is -4.16. The van der Waals surface area contributed by atoms with Crippen molar-refractivity contribution in [1.29, 1.82) is 0 Å². The van der Waals surface area contributed by atoms with Gasteiger partial charge in [-0.05, 0) is 37.6 Å². The summed E-state index contributed by atoms with van der Waals surface area (Å²) in [6.45, 7) is 3.53. The Morgan fingerprint density at radius 3 is 2.59 bits per heavy atom. The molecule has 2 rings (SSSR count). The van der Waals surface area contributed by atoms with E-state index in [0.29, 0.717) is 21.4 Å². The molecule has 7 heteroatoms. The summed E-state index contributed by atoms with van der Waals surface area (Å²) in [5, 5.41) is 3.91. The van der Waals surface area contributed by atoms with Gasteiger partial charge in [-0.3, -0.25) is 0 Å². The second kappa shape index (κ2) is 7.03. The fourth-order valence-electron chi connectivity index (χ4n) is 1.96. The van der Waals surface area contributed by atoms with Crippen molar-refractivity contribution >= 4 is 47.5 Å². The van der Waals surface area contributed by atoms with E-state index in [0.717, 1.165) is 5.56 Å². The van der Waals surface area contributed by atoms with Gasteiger partial charge >= 0.3 is 0 Å². The van der Waals surface area contributed by atoms with Crippen molar-refractivity contribution in [3.63, 3.8) is 0 Å². The average molecular weight is 359 g/mol. The lowest BCUT2D eigenvalue weighted by molar-refractivity contribution is -0.193. The number of hydrogen-bond acceptors (Lipinski definition) is 4. The van der Waals surface area contributed by atoms with Crippen molar-refractivity contribution < 1.29 is 14.0 Å². The maximum absolute atomic E-state index is 12.2. The van der Waals surface area contributed by atoms with E-state index >= 15 is 0 Å². The number of aryl methyl sites for hydroxylation is 1. The van der Waals surface area contributed by atoms with E-state index in [-0.39, 0.29) is 11.9 Å². The summed E-state index contributed by atoms with van der Waals surface area (Å²) in [6.07, 6.45) is 0. The zero-order chi connectivity index (χ0) is 16.3. The summed E-state index contributed by atoms with van der Waals surface area (Å²) >= 11 is 12.4. The summed E-state index contributed by atoms with van der Waals surface area (Å²) in [5.74, 6) is 0. The number of benzene rings is 2. The molecule has 2 aromatic rings. The molecular weight excluding hydrogens is 344 g/mol. The van der Waals surface area contributed by atoms with Crippen LogP contribution in [0.4, 0.5) is 11.4 Å². The van der Waals surface area contributed by atoms with E-state index in [4.69, 9.17) is 27.7 Å². The third-order valence-electron chi connectivity index (χ3n) is 3.04. The van der Waals surface area contributed by atoms with Gasteiger partial charge in [0.2, 0.25) is 0 Å². The van der Waals surface area contributed by atoms with E-state index in [1.807, 2.05) is 6.92 Å². The molecule has 0 amide bonds. The van der Waals surface area contributed by atoms with Crippen LogP contribution in [-0.2, 0) is 9.09 Å². The molecule has 0 heterocycles. The monoisotopic (exact) mass is 358 g/mol. The summed E-state index contributed by atoms with van der Waals surface area (Å²) in [5.41, 5.74) is 1.66. The first-order valence-corrected chi connectivity index (χ1v) is 8.93. The molecule has 0 aromatic heterocycles. The SMILES string of the molecule is CCOP(=O)([O-])c1ccccc1Nc1c(Cl)ccc(C)c1Cl. The molecule has 1 atom stereocenters. The van der Waals surface area contributed by atoms with Crippen LogP contribution in [0, 0.1) is 6.92 Å². The molecule has 0 bridgehead atoms. The molecule has 0 spiro atoms. The molecule has 1 unspecified atom stereocenters. The summed E-state index contributed by atoms with van der Waals surface area (Å²) < 4.78 is 17.1. The molecule has 1 N–H and O–H groups in total. The Balaban J connectivity index is 2.48. The van der Waals surface area contributed by atoms with Crippen molar-refractivity contribution in [2.45, 2.75) is 13.8 Å². The lowest BCUT2D eigenvalue weighted by atomic mass is 10.2. The van der Waals surface area contributed by atoms with Gasteiger partial charge in [0, 0.05) is 5.30 Å². The van der Waals surface area contributed by atoms with Gasteiger partial charge < -0.3 is 19.3 Å². The van der Waals surface area contributed by atoms with Crippen LogP contribution in [0.15, 0.2) is 36.4 Å². The van der Waals surface area contributed by atoms with Crippen LogP contribution < -0.4 is 15.5 Å². The Labute approximate surface area is 139 Å². The zero-order valence-electron chi connectivity index (χ0n) is 12.1. The molecule has 0 aliphatic carbocycles. The van der Waals surface area contributed by atoms with Crippen molar-refractivity contribution in [2.24, 2.45) is 0 Å². The molecule has 0 radical (unpaired) electrons. The predicted octanol–water partition coefficient (Wildman–Crippen LogP) is 4.26. The first kappa shape index (κ1) is 17.3. The van der Waals surface area contributed by atoms with Gasteiger partial charge in [-0.15, -0.1) is 0 Å². The highest BCUT2D eigenvalue weighted by molar-refractivity contribution is 7.60. The van der Waals surface area contributed by atoms with Crippen LogP contribution in [0.25, 0.3) is 0 Å². The van der Waals surface area contributed by atoms with E-state index in [1.54, 1.807) is 37.3 Å². The topological polar surface area (TPSA) is 61.4 Å². The van der Waals surface area contributed by atoms with Crippen molar-refractivity contribution in [2.75, 3.05) is 11.9 Å². The van der Waals surface area contributed by atoms with Crippen LogP contribution in [0.5, 0.6) is 0 Å². The lowest BCUT2D eigenvalue weighted by Gasteiger charge is -2.26. The van der Waals surface area contributed by atoms with Gasteiger partial charge in [-0.2, -0.15) is 0 Å². The van der Waals surface area contributed by atoms with Gasteiger partial charge in [-0.25, -0.2) is 0 Å². The van der Waals surface area contributed by atoms with Crippen LogP contribution in [0.1, 0.15) is 12.5 Å². The number of rotatable bonds is 5. The summed E-state index contributed by atoms with van der Waals surface area (Å²) in [6, 6.07) is 9.95. The standard InChI is InChI=1S/C15H16Cl2NO3P/c1-3-21-22(19,20)13-7-5-4-6-12(13)18-15-11(16)9-8-10(2)14(15)17/h4-9,18H,3H2,1-2H3,(H,19,20)/p-1. The van der Waals surface area contributed by atoms with Gasteiger partial charge in [-0.1, -0.05) is 41.4 Å². The van der Waals surface area contributed by atoms with Gasteiger partial charge in [0.15, 0.2) is 7.60 Å². The second-order valence-electron chi connectivity index (χ2n) is 4.61. The first-order valence-electron chi connectivity index (χ1n) is 6.63. The third kappa shape index (κ3) is 3.65. The van der Waals surface area contributed by atoms with Crippen molar-refractivity contribution in [3.8, 4) is 0 Å². The van der Waals surface area contributed by atoms with E-state index in [9.17, 15) is 9.46 Å². The molecule has 22 heavy (non-hydrogen) atoms. The summed E-state index contributed by atoms with van der Waals surface area (Å²) in [4.78, 5) is 12.2. The maximum Gasteiger partial charge on any atom is 0.167 e. The maximum atomic E-state index is 12.2. The Kier molecular flexibility index (Phi) is 5.54. The smallest absolute Gasteiger partial charge is 0.167 e. The number of para-hydroxylation sites is 1. The molecule has 0 aliphatic rings. The Morgan fingerprint density at radius 1 is 1.23 bits per heavy atom. The Hall–Kier alpha value is -1.03. The van der Waals surface area contributed by atoms with Crippen LogP contribution >= 0.6 is 30.8 Å². The minimum absolute atomic E-state index is 0.0606. The minimum atomic E-state index is -4.16. The number of hydrogen-bond donors (Lipinski definition) is 1. The molecule has 118 valence electrons. The van der Waals surface area contributed by atoms with E-state index in [1.165, 1.54) is 6.07 Å². The normalized spacial score (nSPS) is 13.7. The van der Waals surface area contributed by atoms with Crippen LogP contribution in [0.3, 0.4) is 0 Å². The first-order chi connectivity index (χ1) is 10.4. The Morgan fingerprint density at radius 2 is 1.91 bits per heavy atom. The van der Waals surface area contributed by atoms with Gasteiger partial charge in [0.05, 0.1) is 28.0 Å². The molecular formula is C15H15Cl2NO3P-. The quantitative estimate of drug-likeness (QED) is 0.811. The highest BCUT2D eigenvalue weighted by atomic mass is 35.5. The second-order valence-corrected chi connectivity index (χ2v) is 7.13. The van der Waals surface area contributed by atoms with E-state index < -0.39 is 7.60 Å². The van der Waals surface area contributed by atoms with Gasteiger partial charge in [0.25, 0.3) is 0 Å². The average Bonchev–Trinajstić information content (AvgIpc) is 2.48. The predicted molar refractivity (Wildman–Crippen MR) is 89.8 cm³/mol. The highest BCUT2D eigenvalue weighted by Crippen LogP contribution is 2.41. The van der Waals surface area contributed by atoms with Crippen molar-refractivity contribution in [1.82, 2.24) is 0 Å². The largest absolute Gasteiger partial charge is 0.775 e. The van der Waals surface area contributed by atoms with Gasteiger partial charge in [0.1, 0.15) is 0 Å². The highest BCUT2D eigenvalue weighted by Gasteiger charge is 2.17. The molecule has 0 aliphatic heterocycles. The minimum Gasteiger partial charge on any atom is -0.775 e. The van der Waals surface area contributed by atoms with E-state index in [2.05, 4.69) is 5.32 Å². The van der Waals surface area contributed by atoms with Crippen LogP contribution in [0.2, 0.25) is 10.0 Å².